The van der Waals surface area contributed by atoms with Gasteiger partial charge < -0.3 is 38.2 Å². The molecule has 0 saturated carbocycles. The second-order valence-corrected chi connectivity index (χ2v) is 17.8. The molecular formula is C50H92N2O10. The first-order valence-corrected chi connectivity index (χ1v) is 25.7. The topological polar surface area (TPSA) is 130 Å². The average molecular weight is 881 g/mol. The zero-order valence-electron chi connectivity index (χ0n) is 39.8. The van der Waals surface area contributed by atoms with Gasteiger partial charge in [-0.2, -0.15) is 0 Å². The number of rotatable bonds is 43. The van der Waals surface area contributed by atoms with Gasteiger partial charge in [-0.25, -0.2) is 0 Å². The normalized spacial score (nSPS) is 15.5. The van der Waals surface area contributed by atoms with Crippen LogP contribution in [-0.2, 0) is 47.6 Å². The number of likely N-dealkylation sites (tertiary alicyclic amines) is 2. The molecule has 62 heavy (non-hydrogen) atoms. The number of hydrogen-bond acceptors (Lipinski definition) is 12. The molecule has 2 aliphatic heterocycles. The van der Waals surface area contributed by atoms with Crippen molar-refractivity contribution in [1.29, 1.82) is 0 Å². The van der Waals surface area contributed by atoms with Crippen molar-refractivity contribution in [1.82, 2.24) is 9.80 Å². The predicted octanol–water partition coefficient (Wildman–Crippen LogP) is 10.3. The van der Waals surface area contributed by atoms with Crippen LogP contribution in [0.15, 0.2) is 0 Å². The van der Waals surface area contributed by atoms with Crippen LogP contribution in [0.1, 0.15) is 206 Å². The van der Waals surface area contributed by atoms with E-state index >= 15 is 0 Å². The second kappa shape index (κ2) is 40.2. The Hall–Kier alpha value is -2.28. The highest BCUT2D eigenvalue weighted by molar-refractivity contribution is 5.71. The minimum absolute atomic E-state index is 0.0948. The molecule has 2 heterocycles. The van der Waals surface area contributed by atoms with E-state index in [-0.39, 0.29) is 49.9 Å². The summed E-state index contributed by atoms with van der Waals surface area (Å²) in [6, 6.07) is 0. The molecule has 0 aromatic rings. The standard InChI is InChI=1S/C50H92N2O10/c1-3-5-7-9-17-27-41-59-47(53)29-19-13-11-15-25-39-57-43-45(61-49(55)31-37-51-33-21-22-34-51)46(62-50(56)32-38-52-35-23-24-36-52)44-58-40-26-16-12-14-20-30-48(54)60-42-28-18-10-8-6-4-2/h45-46H,3-44H2,1-2H3. The monoisotopic (exact) mass is 881 g/mol. The first-order chi connectivity index (χ1) is 30.4. The smallest absolute Gasteiger partial charge is 0.307 e. The minimum atomic E-state index is -0.778. The molecule has 0 aliphatic carbocycles. The van der Waals surface area contributed by atoms with Crippen molar-refractivity contribution in [3.05, 3.63) is 0 Å². The van der Waals surface area contributed by atoms with Gasteiger partial charge in [0.05, 0.1) is 39.3 Å². The van der Waals surface area contributed by atoms with Crippen molar-refractivity contribution in [2.24, 2.45) is 0 Å². The molecule has 2 rings (SSSR count). The van der Waals surface area contributed by atoms with E-state index in [1.807, 2.05) is 0 Å². The van der Waals surface area contributed by atoms with Crippen LogP contribution >= 0.6 is 0 Å². The van der Waals surface area contributed by atoms with Crippen LogP contribution in [0.3, 0.4) is 0 Å². The molecule has 2 unspecified atom stereocenters. The molecule has 0 bridgehead atoms. The number of esters is 4. The summed E-state index contributed by atoms with van der Waals surface area (Å²) >= 11 is 0. The highest BCUT2D eigenvalue weighted by Crippen LogP contribution is 2.16. The SMILES string of the molecule is CCCCCCCCOC(=O)CCCCCCCOCC(OC(=O)CCN1CCCC1)C(COCCCCCCCC(=O)OCCCCCCCC)OC(=O)CCN1CCCC1. The first kappa shape index (κ1) is 55.9. The van der Waals surface area contributed by atoms with Crippen molar-refractivity contribution in [2.45, 2.75) is 219 Å². The van der Waals surface area contributed by atoms with Crippen LogP contribution in [0.2, 0.25) is 0 Å². The van der Waals surface area contributed by atoms with Crippen LogP contribution in [0, 0.1) is 0 Å². The van der Waals surface area contributed by atoms with Gasteiger partial charge in [0.25, 0.3) is 0 Å². The van der Waals surface area contributed by atoms with Gasteiger partial charge in [0, 0.05) is 39.1 Å². The second-order valence-electron chi connectivity index (χ2n) is 17.8. The highest BCUT2D eigenvalue weighted by atomic mass is 16.6. The molecule has 0 aromatic heterocycles. The highest BCUT2D eigenvalue weighted by Gasteiger charge is 2.30. The van der Waals surface area contributed by atoms with Crippen LogP contribution in [-0.4, -0.2) is 125 Å². The summed E-state index contributed by atoms with van der Waals surface area (Å²) in [5, 5.41) is 0. The fourth-order valence-corrected chi connectivity index (χ4v) is 8.09. The van der Waals surface area contributed by atoms with Gasteiger partial charge in [-0.3, -0.25) is 19.2 Å². The Bertz CT molecular complexity index is 1010. The Morgan fingerprint density at radius 1 is 0.387 bits per heavy atom. The van der Waals surface area contributed by atoms with Crippen LogP contribution in [0.25, 0.3) is 0 Å². The number of nitrogens with zero attached hydrogens (tertiary/aromatic N) is 2. The third kappa shape index (κ3) is 32.4. The number of carbonyl (C=O) groups excluding carboxylic acids is 4. The third-order valence-electron chi connectivity index (χ3n) is 12.1. The number of ether oxygens (including phenoxy) is 6. The van der Waals surface area contributed by atoms with Crippen LogP contribution in [0.5, 0.6) is 0 Å². The Morgan fingerprint density at radius 3 is 1.08 bits per heavy atom. The van der Waals surface area contributed by atoms with Crippen LogP contribution < -0.4 is 0 Å². The summed E-state index contributed by atoms with van der Waals surface area (Å²) in [4.78, 5) is 55.2. The maximum absolute atomic E-state index is 13.2. The lowest BCUT2D eigenvalue weighted by atomic mass is 10.1. The Labute approximate surface area is 377 Å². The molecule has 0 aromatic carbocycles. The van der Waals surface area contributed by atoms with Crippen molar-refractivity contribution in [2.75, 3.05) is 78.9 Å². The Balaban J connectivity index is 1.77. The molecule has 2 fully saturated rings. The van der Waals surface area contributed by atoms with E-state index in [2.05, 4.69) is 23.6 Å². The summed E-state index contributed by atoms with van der Waals surface area (Å²) in [7, 11) is 0. The zero-order valence-corrected chi connectivity index (χ0v) is 39.8. The average Bonchev–Trinajstić information content (AvgIpc) is 4.00. The van der Waals surface area contributed by atoms with Gasteiger partial charge in [0.1, 0.15) is 0 Å². The van der Waals surface area contributed by atoms with Crippen molar-refractivity contribution in [3.8, 4) is 0 Å². The maximum atomic E-state index is 13.2. The van der Waals surface area contributed by atoms with E-state index in [4.69, 9.17) is 28.4 Å². The molecule has 12 nitrogen and oxygen atoms in total. The molecule has 2 aliphatic rings. The molecular weight excluding hydrogens is 789 g/mol. The third-order valence-corrected chi connectivity index (χ3v) is 12.1. The summed E-state index contributed by atoms with van der Waals surface area (Å²) < 4.78 is 35.1. The van der Waals surface area contributed by atoms with Crippen molar-refractivity contribution >= 4 is 23.9 Å². The summed E-state index contributed by atoms with van der Waals surface area (Å²) in [5.41, 5.74) is 0. The zero-order chi connectivity index (χ0) is 44.6. The van der Waals surface area contributed by atoms with E-state index < -0.39 is 12.2 Å². The fourth-order valence-electron chi connectivity index (χ4n) is 8.09. The van der Waals surface area contributed by atoms with E-state index in [1.54, 1.807) is 0 Å². The number of hydrogen-bond donors (Lipinski definition) is 0. The lowest BCUT2D eigenvalue weighted by Gasteiger charge is -2.27. The predicted molar refractivity (Wildman–Crippen MR) is 246 cm³/mol. The van der Waals surface area contributed by atoms with E-state index in [0.717, 1.165) is 142 Å². The lowest BCUT2D eigenvalue weighted by Crippen LogP contribution is -2.42. The Morgan fingerprint density at radius 2 is 0.710 bits per heavy atom. The van der Waals surface area contributed by atoms with E-state index in [1.165, 1.54) is 51.4 Å². The number of carbonyl (C=O) groups is 4. The molecule has 362 valence electrons. The van der Waals surface area contributed by atoms with Gasteiger partial charge in [0.2, 0.25) is 0 Å². The molecule has 2 saturated heterocycles. The van der Waals surface area contributed by atoms with E-state index in [0.29, 0.717) is 52.4 Å². The van der Waals surface area contributed by atoms with E-state index in [9.17, 15) is 19.2 Å². The summed E-state index contributed by atoms with van der Waals surface area (Å²) in [6.07, 6.45) is 27.8. The van der Waals surface area contributed by atoms with Gasteiger partial charge in [-0.15, -0.1) is 0 Å². The van der Waals surface area contributed by atoms with Gasteiger partial charge in [0.15, 0.2) is 12.2 Å². The van der Waals surface area contributed by atoms with Gasteiger partial charge >= 0.3 is 23.9 Å². The molecule has 0 spiro atoms. The number of unbranched alkanes of at least 4 members (excludes halogenated alkanes) is 18. The van der Waals surface area contributed by atoms with Gasteiger partial charge in [-0.1, -0.05) is 117 Å². The minimum Gasteiger partial charge on any atom is -0.466 e. The molecule has 2 atom stereocenters. The summed E-state index contributed by atoms with van der Waals surface area (Å²) in [6.45, 7) is 12.0. The van der Waals surface area contributed by atoms with Crippen molar-refractivity contribution < 1.29 is 47.6 Å². The largest absolute Gasteiger partial charge is 0.466 e. The van der Waals surface area contributed by atoms with Crippen molar-refractivity contribution in [3.63, 3.8) is 0 Å². The lowest BCUT2D eigenvalue weighted by molar-refractivity contribution is -0.178. The summed E-state index contributed by atoms with van der Waals surface area (Å²) in [5.74, 6) is -0.828. The molecule has 12 heteroatoms. The quantitative estimate of drug-likeness (QED) is 0.0328. The molecule has 0 radical (unpaired) electrons. The van der Waals surface area contributed by atoms with Gasteiger partial charge in [-0.05, 0) is 90.4 Å². The first-order valence-electron chi connectivity index (χ1n) is 25.7. The fraction of sp³-hybridized carbons (Fsp3) is 0.920. The maximum Gasteiger partial charge on any atom is 0.307 e. The van der Waals surface area contributed by atoms with Crippen LogP contribution in [0.4, 0.5) is 0 Å². The Kier molecular flexibility index (Phi) is 36.3. The molecule has 0 amide bonds. The molecule has 0 N–H and O–H groups in total.